The Kier molecular flexibility index (Phi) is 2.34. The highest BCUT2D eigenvalue weighted by Gasteiger charge is 2.41. The Labute approximate surface area is 87.8 Å². The zero-order valence-corrected chi connectivity index (χ0v) is 7.84. The molecule has 1 aromatic heterocycles. The van der Waals surface area contributed by atoms with E-state index in [0.717, 1.165) is 0 Å². The highest BCUT2D eigenvalue weighted by molar-refractivity contribution is 5.89. The molecule has 6 heteroatoms. The zero-order valence-electron chi connectivity index (χ0n) is 7.84. The average Bonchev–Trinajstić information content (AvgIpc) is 2.61. The van der Waals surface area contributed by atoms with E-state index in [4.69, 9.17) is 0 Å². The molecule has 84 valence electrons. The number of carbonyl (C=O) groups is 1. The molecule has 1 N–H and O–H groups in total. The van der Waals surface area contributed by atoms with Gasteiger partial charge in [0.25, 0.3) is 0 Å². The van der Waals surface area contributed by atoms with E-state index >= 15 is 0 Å². The number of nitrogens with one attached hydrogen (secondary N) is 1. The van der Waals surface area contributed by atoms with Crippen molar-refractivity contribution in [2.75, 3.05) is 0 Å². The van der Waals surface area contributed by atoms with Crippen LogP contribution in [0.25, 0.3) is 10.9 Å². The van der Waals surface area contributed by atoms with Gasteiger partial charge in [-0.1, -0.05) is 12.1 Å². The number of alkyl halides is 3. The summed E-state index contributed by atoms with van der Waals surface area (Å²) in [4.78, 5) is 13.3. The number of halogens is 3. The van der Waals surface area contributed by atoms with Crippen LogP contribution in [0.2, 0.25) is 0 Å². The van der Waals surface area contributed by atoms with Gasteiger partial charge < -0.3 is 9.72 Å². The van der Waals surface area contributed by atoms with Crippen LogP contribution in [0.1, 0.15) is 0 Å². The fourth-order valence-electron chi connectivity index (χ4n) is 1.29. The molecule has 0 unspecified atom stereocenters. The summed E-state index contributed by atoms with van der Waals surface area (Å²) < 4.78 is 40.1. The first-order chi connectivity index (χ1) is 7.48. The maximum Gasteiger partial charge on any atom is 0.491 e. The van der Waals surface area contributed by atoms with Crippen LogP contribution in [0, 0.1) is 0 Å². The molecule has 1 heterocycles. The maximum atomic E-state index is 12.0. The predicted octanol–water partition coefficient (Wildman–Crippen LogP) is 2.64. The van der Waals surface area contributed by atoms with Crippen molar-refractivity contribution in [2.45, 2.75) is 6.18 Å². The number of carbonyl (C=O) groups excluding carboxylic acids is 1. The average molecular weight is 229 g/mol. The molecule has 3 nitrogen and oxygen atoms in total. The van der Waals surface area contributed by atoms with Crippen LogP contribution in [0.15, 0.2) is 30.5 Å². The molecule has 0 saturated carbocycles. The molecule has 16 heavy (non-hydrogen) atoms. The van der Waals surface area contributed by atoms with Crippen LogP contribution in [0.3, 0.4) is 0 Å². The van der Waals surface area contributed by atoms with Gasteiger partial charge in [0.1, 0.15) is 0 Å². The van der Waals surface area contributed by atoms with E-state index in [1.165, 1.54) is 6.20 Å². The van der Waals surface area contributed by atoms with E-state index in [2.05, 4.69) is 9.72 Å². The number of hydrogen-bond acceptors (Lipinski definition) is 2. The Morgan fingerprint density at radius 1 is 1.25 bits per heavy atom. The molecule has 0 spiro atoms. The van der Waals surface area contributed by atoms with Gasteiger partial charge in [0.05, 0.1) is 0 Å². The number of H-pyrrole nitrogens is 1. The van der Waals surface area contributed by atoms with E-state index in [0.29, 0.717) is 10.9 Å². The number of aromatic amines is 1. The molecule has 1 aromatic carbocycles. The lowest BCUT2D eigenvalue weighted by Gasteiger charge is -2.05. The SMILES string of the molecule is O=C(Oc1c[nH]c2ccccc12)C(F)(F)F. The normalized spacial score (nSPS) is 11.7. The van der Waals surface area contributed by atoms with Gasteiger partial charge in [-0.25, -0.2) is 4.79 Å². The van der Waals surface area contributed by atoms with Crippen molar-refractivity contribution < 1.29 is 22.7 Å². The lowest BCUT2D eigenvalue weighted by Crippen LogP contribution is -2.27. The van der Waals surface area contributed by atoms with E-state index in [-0.39, 0.29) is 5.75 Å². The fraction of sp³-hybridized carbons (Fsp3) is 0.100. The first kappa shape index (κ1) is 10.5. The summed E-state index contributed by atoms with van der Waals surface area (Å²) in [5.41, 5.74) is 0.604. The third-order valence-electron chi connectivity index (χ3n) is 1.99. The Bertz CT molecular complexity index is 530. The van der Waals surface area contributed by atoms with Gasteiger partial charge in [0.2, 0.25) is 0 Å². The van der Waals surface area contributed by atoms with Gasteiger partial charge in [0, 0.05) is 17.1 Å². The van der Waals surface area contributed by atoms with Crippen LogP contribution in [0.5, 0.6) is 5.75 Å². The van der Waals surface area contributed by atoms with E-state index in [9.17, 15) is 18.0 Å². The van der Waals surface area contributed by atoms with Crippen molar-refractivity contribution in [3.8, 4) is 5.75 Å². The maximum absolute atomic E-state index is 12.0. The molecular formula is C10H6F3NO2. The van der Waals surface area contributed by atoms with Crippen molar-refractivity contribution in [3.05, 3.63) is 30.5 Å². The van der Waals surface area contributed by atoms with Crippen molar-refractivity contribution in [1.29, 1.82) is 0 Å². The number of para-hydroxylation sites is 1. The molecule has 0 aliphatic heterocycles. The van der Waals surface area contributed by atoms with Gasteiger partial charge in [-0.05, 0) is 12.1 Å². The van der Waals surface area contributed by atoms with Crippen LogP contribution in [0.4, 0.5) is 13.2 Å². The van der Waals surface area contributed by atoms with Gasteiger partial charge in [0.15, 0.2) is 5.75 Å². The second-order valence-corrected chi connectivity index (χ2v) is 3.09. The standard InChI is InChI=1S/C10H6F3NO2/c11-10(12,13)9(15)16-8-5-14-7-4-2-1-3-6(7)8/h1-5,14H. The molecule has 2 aromatic rings. The summed E-state index contributed by atoms with van der Waals surface area (Å²) in [7, 11) is 0. The van der Waals surface area contributed by atoms with Gasteiger partial charge in [-0.15, -0.1) is 0 Å². The fourth-order valence-corrected chi connectivity index (χ4v) is 1.29. The van der Waals surface area contributed by atoms with Crippen molar-refractivity contribution in [2.24, 2.45) is 0 Å². The van der Waals surface area contributed by atoms with Crippen LogP contribution in [-0.2, 0) is 4.79 Å². The summed E-state index contributed by atoms with van der Waals surface area (Å²) in [6.07, 6.45) is -3.77. The third-order valence-corrected chi connectivity index (χ3v) is 1.99. The Morgan fingerprint density at radius 3 is 2.62 bits per heavy atom. The lowest BCUT2D eigenvalue weighted by atomic mass is 10.2. The number of rotatable bonds is 1. The Morgan fingerprint density at radius 2 is 1.94 bits per heavy atom. The molecule has 0 aliphatic rings. The molecule has 0 aliphatic carbocycles. The van der Waals surface area contributed by atoms with E-state index in [1.807, 2.05) is 0 Å². The van der Waals surface area contributed by atoms with E-state index in [1.54, 1.807) is 24.3 Å². The summed E-state index contributed by atoms with van der Waals surface area (Å²) in [5.74, 6) is -2.35. The Hall–Kier alpha value is -1.98. The number of hydrogen-bond donors (Lipinski definition) is 1. The monoisotopic (exact) mass is 229 g/mol. The van der Waals surface area contributed by atoms with Crippen molar-refractivity contribution >= 4 is 16.9 Å². The molecule has 0 amide bonds. The zero-order chi connectivity index (χ0) is 11.8. The summed E-state index contributed by atoms with van der Waals surface area (Å²) in [6.45, 7) is 0. The minimum Gasteiger partial charge on any atom is -0.418 e. The molecule has 0 saturated heterocycles. The smallest absolute Gasteiger partial charge is 0.418 e. The third kappa shape index (κ3) is 1.86. The highest BCUT2D eigenvalue weighted by atomic mass is 19.4. The number of aromatic nitrogens is 1. The number of fused-ring (bicyclic) bond motifs is 1. The summed E-state index contributed by atoms with van der Waals surface area (Å²) in [6, 6.07) is 6.58. The molecule has 0 bridgehead atoms. The molecule has 0 atom stereocenters. The van der Waals surface area contributed by atoms with Gasteiger partial charge in [-0.3, -0.25) is 0 Å². The van der Waals surface area contributed by atoms with Crippen molar-refractivity contribution in [3.63, 3.8) is 0 Å². The largest absolute Gasteiger partial charge is 0.491 e. The van der Waals surface area contributed by atoms with Crippen LogP contribution in [-0.4, -0.2) is 17.1 Å². The predicted molar refractivity (Wildman–Crippen MR) is 50.0 cm³/mol. The highest BCUT2D eigenvalue weighted by Crippen LogP contribution is 2.27. The lowest BCUT2D eigenvalue weighted by molar-refractivity contribution is -0.189. The molecule has 0 radical (unpaired) electrons. The first-order valence-corrected chi connectivity index (χ1v) is 4.33. The first-order valence-electron chi connectivity index (χ1n) is 4.33. The second-order valence-electron chi connectivity index (χ2n) is 3.09. The minimum atomic E-state index is -4.99. The molecule has 2 rings (SSSR count). The molecular weight excluding hydrogens is 223 g/mol. The summed E-state index contributed by atoms with van der Waals surface area (Å²) >= 11 is 0. The Balaban J connectivity index is 2.32. The minimum absolute atomic E-state index is 0.127. The number of esters is 1. The van der Waals surface area contributed by atoms with Gasteiger partial charge in [-0.2, -0.15) is 13.2 Å². The number of benzene rings is 1. The van der Waals surface area contributed by atoms with E-state index < -0.39 is 12.1 Å². The number of ether oxygens (including phenoxy) is 1. The second kappa shape index (κ2) is 3.55. The summed E-state index contributed by atoms with van der Waals surface area (Å²) in [5, 5.41) is 0.431. The molecule has 0 fully saturated rings. The topological polar surface area (TPSA) is 42.1 Å². The quantitative estimate of drug-likeness (QED) is 0.764. The van der Waals surface area contributed by atoms with Gasteiger partial charge >= 0.3 is 12.1 Å². The van der Waals surface area contributed by atoms with Crippen LogP contribution >= 0.6 is 0 Å². The van der Waals surface area contributed by atoms with Crippen LogP contribution < -0.4 is 4.74 Å². The van der Waals surface area contributed by atoms with Crippen molar-refractivity contribution in [1.82, 2.24) is 4.98 Å².